The van der Waals surface area contributed by atoms with Crippen LogP contribution in [0.4, 0.5) is 5.69 Å². The zero-order valence-corrected chi connectivity index (χ0v) is 10.2. The molecule has 6 nitrogen and oxygen atoms in total. The van der Waals surface area contributed by atoms with Gasteiger partial charge in [0.1, 0.15) is 9.84 Å². The molecule has 7 heteroatoms. The lowest BCUT2D eigenvalue weighted by Gasteiger charge is -2.08. The number of pyridine rings is 1. The molecule has 1 rings (SSSR count). The number of rotatable bonds is 6. The van der Waals surface area contributed by atoms with Crippen LogP contribution in [0.2, 0.25) is 0 Å². The Kier molecular flexibility index (Phi) is 4.45. The van der Waals surface area contributed by atoms with E-state index in [1.807, 2.05) is 0 Å². The van der Waals surface area contributed by atoms with Gasteiger partial charge in [-0.15, -0.1) is 0 Å². The highest BCUT2D eigenvalue weighted by atomic mass is 32.2. The molecule has 0 amide bonds. The third-order valence-electron chi connectivity index (χ3n) is 2.06. The van der Waals surface area contributed by atoms with Crippen LogP contribution in [0.1, 0.15) is 16.8 Å². The summed E-state index contributed by atoms with van der Waals surface area (Å²) in [4.78, 5) is 14.7. The summed E-state index contributed by atoms with van der Waals surface area (Å²) in [7, 11) is -2.98. The summed E-state index contributed by atoms with van der Waals surface area (Å²) in [5.74, 6) is -0.971. The largest absolute Gasteiger partial charge is 0.478 e. The highest BCUT2D eigenvalue weighted by molar-refractivity contribution is 7.90. The van der Waals surface area contributed by atoms with Crippen molar-refractivity contribution in [3.05, 3.63) is 24.0 Å². The number of aromatic carboxylic acids is 1. The molecule has 0 aliphatic carbocycles. The Balaban J connectivity index is 2.55. The van der Waals surface area contributed by atoms with Crippen molar-refractivity contribution < 1.29 is 18.3 Å². The first-order valence-electron chi connectivity index (χ1n) is 4.99. The third-order valence-corrected chi connectivity index (χ3v) is 3.09. The van der Waals surface area contributed by atoms with E-state index in [2.05, 4.69) is 10.3 Å². The van der Waals surface area contributed by atoms with Crippen molar-refractivity contribution in [3.8, 4) is 0 Å². The Hall–Kier alpha value is -1.63. The molecule has 0 radical (unpaired) electrons. The lowest BCUT2D eigenvalue weighted by molar-refractivity contribution is 0.0698. The first-order valence-corrected chi connectivity index (χ1v) is 7.05. The van der Waals surface area contributed by atoms with Crippen molar-refractivity contribution in [2.45, 2.75) is 6.42 Å². The van der Waals surface area contributed by atoms with E-state index in [0.717, 1.165) is 0 Å². The molecule has 0 saturated heterocycles. The Labute approximate surface area is 99.6 Å². The number of carbonyl (C=O) groups is 1. The van der Waals surface area contributed by atoms with Crippen molar-refractivity contribution in [2.75, 3.05) is 23.9 Å². The van der Waals surface area contributed by atoms with E-state index in [-0.39, 0.29) is 11.3 Å². The predicted octanol–water partition coefficient (Wildman–Crippen LogP) is 0.626. The minimum atomic E-state index is -2.98. The van der Waals surface area contributed by atoms with Gasteiger partial charge in [0.05, 0.1) is 23.2 Å². The van der Waals surface area contributed by atoms with E-state index in [1.165, 1.54) is 24.7 Å². The molecule has 0 atom stereocenters. The van der Waals surface area contributed by atoms with Gasteiger partial charge in [-0.1, -0.05) is 0 Å². The summed E-state index contributed by atoms with van der Waals surface area (Å²) in [6, 6.07) is 1.39. The van der Waals surface area contributed by atoms with Gasteiger partial charge < -0.3 is 10.4 Å². The molecule has 0 aliphatic heterocycles. The average Bonchev–Trinajstić information content (AvgIpc) is 2.23. The van der Waals surface area contributed by atoms with E-state index in [0.29, 0.717) is 18.7 Å². The molecule has 17 heavy (non-hydrogen) atoms. The fraction of sp³-hybridized carbons (Fsp3) is 0.400. The number of hydrogen-bond donors (Lipinski definition) is 2. The van der Waals surface area contributed by atoms with Gasteiger partial charge in [0.15, 0.2) is 0 Å². The minimum Gasteiger partial charge on any atom is -0.478 e. The molecule has 2 N–H and O–H groups in total. The second-order valence-corrected chi connectivity index (χ2v) is 5.90. The van der Waals surface area contributed by atoms with Crippen LogP contribution in [0.3, 0.4) is 0 Å². The van der Waals surface area contributed by atoms with Crippen molar-refractivity contribution in [2.24, 2.45) is 0 Å². The normalized spacial score (nSPS) is 11.1. The molecular weight excluding hydrogens is 244 g/mol. The summed E-state index contributed by atoms with van der Waals surface area (Å²) in [6.07, 6.45) is 4.39. The van der Waals surface area contributed by atoms with Crippen molar-refractivity contribution in [3.63, 3.8) is 0 Å². The second kappa shape index (κ2) is 5.62. The highest BCUT2D eigenvalue weighted by Crippen LogP contribution is 2.12. The van der Waals surface area contributed by atoms with Crippen LogP contribution in [0.5, 0.6) is 0 Å². The maximum absolute atomic E-state index is 10.9. The van der Waals surface area contributed by atoms with Gasteiger partial charge in [0, 0.05) is 19.0 Å². The number of carboxylic acids is 1. The van der Waals surface area contributed by atoms with Crippen LogP contribution < -0.4 is 5.32 Å². The number of sulfone groups is 1. The topological polar surface area (TPSA) is 96.4 Å². The number of hydrogen-bond acceptors (Lipinski definition) is 5. The Morgan fingerprint density at radius 2 is 2.24 bits per heavy atom. The zero-order valence-electron chi connectivity index (χ0n) is 9.38. The standard InChI is InChI=1S/C10H14N2O4S/c1-17(15,16)6-2-4-12-9-7-11-5-3-8(9)10(13)14/h3,5,7,12H,2,4,6H2,1H3,(H,13,14). The van der Waals surface area contributed by atoms with E-state index in [9.17, 15) is 13.2 Å². The fourth-order valence-corrected chi connectivity index (χ4v) is 1.95. The molecule has 0 spiro atoms. The van der Waals surface area contributed by atoms with E-state index < -0.39 is 15.8 Å². The van der Waals surface area contributed by atoms with Gasteiger partial charge in [-0.05, 0) is 12.5 Å². The van der Waals surface area contributed by atoms with Gasteiger partial charge in [-0.3, -0.25) is 4.98 Å². The van der Waals surface area contributed by atoms with Gasteiger partial charge >= 0.3 is 5.97 Å². The van der Waals surface area contributed by atoms with Gasteiger partial charge in [-0.2, -0.15) is 0 Å². The molecule has 0 aliphatic rings. The van der Waals surface area contributed by atoms with Crippen LogP contribution in [-0.4, -0.2) is 43.0 Å². The molecule has 1 aromatic heterocycles. The third kappa shape index (κ3) is 4.81. The molecule has 0 bridgehead atoms. The van der Waals surface area contributed by atoms with Crippen molar-refractivity contribution >= 4 is 21.5 Å². The average molecular weight is 258 g/mol. The maximum atomic E-state index is 10.9. The summed E-state index contributed by atoms with van der Waals surface area (Å²) < 4.78 is 21.8. The smallest absolute Gasteiger partial charge is 0.337 e. The minimum absolute atomic E-state index is 0.0721. The molecule has 0 fully saturated rings. The summed E-state index contributed by atoms with van der Waals surface area (Å²) >= 11 is 0. The first kappa shape index (κ1) is 13.4. The number of nitrogens with zero attached hydrogens (tertiary/aromatic N) is 1. The van der Waals surface area contributed by atoms with Crippen LogP contribution >= 0.6 is 0 Å². The maximum Gasteiger partial charge on any atom is 0.337 e. The van der Waals surface area contributed by atoms with E-state index in [1.54, 1.807) is 0 Å². The number of aromatic nitrogens is 1. The molecular formula is C10H14N2O4S. The number of anilines is 1. The molecule has 0 unspecified atom stereocenters. The molecule has 1 heterocycles. The lowest BCUT2D eigenvalue weighted by Crippen LogP contribution is -2.12. The highest BCUT2D eigenvalue weighted by Gasteiger charge is 2.09. The second-order valence-electron chi connectivity index (χ2n) is 3.64. The monoisotopic (exact) mass is 258 g/mol. The van der Waals surface area contributed by atoms with Gasteiger partial charge in [0.25, 0.3) is 0 Å². The van der Waals surface area contributed by atoms with Gasteiger partial charge in [-0.25, -0.2) is 13.2 Å². The van der Waals surface area contributed by atoms with Crippen LogP contribution in [0.15, 0.2) is 18.5 Å². The summed E-state index contributed by atoms with van der Waals surface area (Å²) in [5, 5.41) is 11.7. The summed E-state index contributed by atoms with van der Waals surface area (Å²) in [5.41, 5.74) is 0.521. The van der Waals surface area contributed by atoms with Crippen LogP contribution in [0.25, 0.3) is 0 Å². The quantitative estimate of drug-likeness (QED) is 0.726. The predicted molar refractivity (Wildman–Crippen MR) is 64.0 cm³/mol. The lowest BCUT2D eigenvalue weighted by atomic mass is 10.2. The zero-order chi connectivity index (χ0) is 12.9. The van der Waals surface area contributed by atoms with Crippen LogP contribution in [-0.2, 0) is 9.84 Å². The van der Waals surface area contributed by atoms with E-state index in [4.69, 9.17) is 5.11 Å². The van der Waals surface area contributed by atoms with Crippen molar-refractivity contribution in [1.29, 1.82) is 0 Å². The Bertz CT molecular complexity index is 499. The SMILES string of the molecule is CS(=O)(=O)CCCNc1cnccc1C(=O)O. The molecule has 1 aromatic rings. The summed E-state index contributed by atoms with van der Waals surface area (Å²) in [6.45, 7) is 0.388. The Morgan fingerprint density at radius 3 is 2.82 bits per heavy atom. The first-order chi connectivity index (χ1) is 7.90. The Morgan fingerprint density at radius 1 is 1.53 bits per heavy atom. The fourth-order valence-electron chi connectivity index (χ4n) is 1.28. The van der Waals surface area contributed by atoms with Gasteiger partial charge in [0.2, 0.25) is 0 Å². The van der Waals surface area contributed by atoms with E-state index >= 15 is 0 Å². The van der Waals surface area contributed by atoms with Crippen molar-refractivity contribution in [1.82, 2.24) is 4.98 Å². The number of carboxylic acid groups (broad SMARTS) is 1. The number of nitrogens with one attached hydrogen (secondary N) is 1. The molecule has 0 saturated carbocycles. The van der Waals surface area contributed by atoms with Crippen LogP contribution in [0, 0.1) is 0 Å². The molecule has 0 aromatic carbocycles. The molecule has 94 valence electrons.